The summed E-state index contributed by atoms with van der Waals surface area (Å²) in [5.74, 6) is 5.51. The van der Waals surface area contributed by atoms with Crippen LogP contribution in [0.4, 0.5) is 0 Å². The van der Waals surface area contributed by atoms with Crippen LogP contribution in [0.25, 0.3) is 23.1 Å². The first-order valence-electron chi connectivity index (χ1n) is 6.04. The third-order valence-corrected chi connectivity index (χ3v) is 3.49. The van der Waals surface area contributed by atoms with Gasteiger partial charge in [-0.15, -0.1) is 12.8 Å². The second-order valence-electron chi connectivity index (χ2n) is 4.52. The van der Waals surface area contributed by atoms with Crippen LogP contribution in [-0.4, -0.2) is 4.57 Å². The Bertz CT molecular complexity index is 918. The molecule has 1 aliphatic carbocycles. The Kier molecular flexibility index (Phi) is 2.45. The maximum Gasteiger partial charge on any atom is 0.0637 e. The van der Waals surface area contributed by atoms with Crippen LogP contribution in [0.15, 0.2) is 18.2 Å². The van der Waals surface area contributed by atoms with Crippen LogP contribution < -0.4 is 10.6 Å². The molecule has 1 atom stereocenters. The van der Waals surface area contributed by atoms with Gasteiger partial charge in [0.05, 0.1) is 10.9 Å². The molecule has 1 heteroatoms. The fraction of sp³-hybridized carbons (Fsp3) is 0.111. The van der Waals surface area contributed by atoms with E-state index in [-0.39, 0.29) is 5.92 Å². The average Bonchev–Trinajstić information content (AvgIpc) is 2.78. The first-order chi connectivity index (χ1) is 9.28. The van der Waals surface area contributed by atoms with E-state index < -0.39 is 0 Å². The van der Waals surface area contributed by atoms with Crippen LogP contribution in [0.1, 0.15) is 12.0 Å². The summed E-state index contributed by atoms with van der Waals surface area (Å²) in [6, 6.07) is 8.61. The number of nitrogens with zero attached hydrogens (tertiary/aromatic N) is 1. The second-order valence-corrected chi connectivity index (χ2v) is 4.52. The highest BCUT2D eigenvalue weighted by Gasteiger charge is 2.12. The van der Waals surface area contributed by atoms with E-state index in [4.69, 9.17) is 19.3 Å². The Morgan fingerprint density at radius 3 is 2.74 bits per heavy atom. The van der Waals surface area contributed by atoms with E-state index in [2.05, 4.69) is 30.0 Å². The van der Waals surface area contributed by atoms with Crippen LogP contribution in [0, 0.1) is 43.1 Å². The lowest BCUT2D eigenvalue weighted by atomic mass is 10.0. The van der Waals surface area contributed by atoms with Gasteiger partial charge in [-0.25, -0.2) is 0 Å². The van der Waals surface area contributed by atoms with Crippen molar-refractivity contribution in [3.05, 3.63) is 34.3 Å². The molecule has 3 rings (SSSR count). The molecule has 1 aromatic heterocycles. The van der Waals surface area contributed by atoms with E-state index in [1.54, 1.807) is 0 Å². The lowest BCUT2D eigenvalue weighted by molar-refractivity contribution is 0.913. The normalized spacial score (nSPS) is 16.4. The number of terminal acetylenes is 3. The molecule has 0 fully saturated rings. The van der Waals surface area contributed by atoms with Crippen LogP contribution >= 0.6 is 0 Å². The molecule has 0 bridgehead atoms. The van der Waals surface area contributed by atoms with Crippen LogP contribution in [0.5, 0.6) is 0 Å². The molecule has 1 unspecified atom stereocenters. The summed E-state index contributed by atoms with van der Waals surface area (Å²) in [5.41, 5.74) is 1.79. The zero-order valence-electron chi connectivity index (χ0n) is 10.4. The first kappa shape index (κ1) is 11.3. The Labute approximate surface area is 112 Å². The van der Waals surface area contributed by atoms with E-state index in [1.165, 1.54) is 0 Å². The highest BCUT2D eigenvalue weighted by molar-refractivity contribution is 5.85. The third-order valence-electron chi connectivity index (χ3n) is 3.49. The van der Waals surface area contributed by atoms with Crippen LogP contribution in [-0.2, 0) is 0 Å². The number of aromatic nitrogens is 1. The molecular formula is C18H11N. The molecule has 0 saturated carbocycles. The Hall–Kier alpha value is -2.82. The van der Waals surface area contributed by atoms with Gasteiger partial charge in [-0.3, -0.25) is 4.57 Å². The molecule has 0 saturated heterocycles. The highest BCUT2D eigenvalue weighted by Crippen LogP contribution is 2.14. The molecule has 1 heterocycles. The van der Waals surface area contributed by atoms with Gasteiger partial charge in [0.1, 0.15) is 0 Å². The first-order valence-corrected chi connectivity index (χ1v) is 6.04. The molecule has 1 aliphatic rings. The third kappa shape index (κ3) is 1.55. The molecule has 2 aromatic rings. The fourth-order valence-electron chi connectivity index (χ4n) is 2.56. The second kappa shape index (κ2) is 4.13. The van der Waals surface area contributed by atoms with Crippen molar-refractivity contribution in [1.82, 2.24) is 4.57 Å². The average molecular weight is 241 g/mol. The summed E-state index contributed by atoms with van der Waals surface area (Å²) in [6.45, 7) is 0. The Balaban J connectivity index is 2.52. The number of benzene rings is 1. The smallest absolute Gasteiger partial charge is 0.0637 e. The van der Waals surface area contributed by atoms with Crippen molar-refractivity contribution in [1.29, 1.82) is 0 Å². The van der Waals surface area contributed by atoms with Crippen molar-refractivity contribution >= 4 is 23.1 Å². The Morgan fingerprint density at radius 1 is 1.21 bits per heavy atom. The Morgan fingerprint density at radius 2 is 2.05 bits per heavy atom. The molecule has 0 amide bonds. The molecule has 0 spiro atoms. The van der Waals surface area contributed by atoms with Gasteiger partial charge in [0.15, 0.2) is 0 Å². The van der Waals surface area contributed by atoms with Gasteiger partial charge in [0, 0.05) is 28.1 Å². The predicted octanol–water partition coefficient (Wildman–Crippen LogP) is 1.28. The molecule has 0 N–H and O–H groups in total. The summed E-state index contributed by atoms with van der Waals surface area (Å²) in [4.78, 5) is 0. The highest BCUT2D eigenvalue weighted by atomic mass is 14.9. The standard InChI is InChI=1S/C18H11N/c1-4-13-7-9-15-16-10-8-14(5-2)12-18(16)19(6-3)17(15)11-13/h1-3,7,9-12,14H,8H2. The van der Waals surface area contributed by atoms with E-state index in [0.717, 1.165) is 33.5 Å². The van der Waals surface area contributed by atoms with Gasteiger partial charge in [-0.1, -0.05) is 30.4 Å². The largest absolute Gasteiger partial charge is 0.269 e. The van der Waals surface area contributed by atoms with Gasteiger partial charge in [0.2, 0.25) is 0 Å². The predicted molar refractivity (Wildman–Crippen MR) is 79.2 cm³/mol. The number of hydrogen-bond acceptors (Lipinski definition) is 0. The van der Waals surface area contributed by atoms with Crippen LogP contribution in [0.2, 0.25) is 0 Å². The van der Waals surface area contributed by atoms with Crippen molar-refractivity contribution in [2.75, 3.05) is 0 Å². The van der Waals surface area contributed by atoms with Crippen molar-refractivity contribution < 1.29 is 0 Å². The lowest BCUT2D eigenvalue weighted by Gasteiger charge is -2.04. The SMILES string of the molecule is C#Cc1ccc2c3c(n(C#C)c2c1)=CC(C#C)CC=3. The summed E-state index contributed by atoms with van der Waals surface area (Å²) in [5, 5.41) is 3.28. The van der Waals surface area contributed by atoms with Crippen LogP contribution in [0.3, 0.4) is 0 Å². The topological polar surface area (TPSA) is 4.93 Å². The minimum Gasteiger partial charge on any atom is -0.269 e. The quantitative estimate of drug-likeness (QED) is 0.612. The van der Waals surface area contributed by atoms with Gasteiger partial charge < -0.3 is 0 Å². The van der Waals surface area contributed by atoms with Gasteiger partial charge >= 0.3 is 0 Å². The lowest BCUT2D eigenvalue weighted by Crippen LogP contribution is -2.31. The summed E-state index contributed by atoms with van der Waals surface area (Å²) >= 11 is 0. The molecule has 19 heavy (non-hydrogen) atoms. The minimum absolute atomic E-state index is 0.107. The zero-order chi connectivity index (χ0) is 13.4. The molecule has 1 aromatic carbocycles. The maximum atomic E-state index is 5.64. The molecule has 88 valence electrons. The minimum atomic E-state index is 0.107. The number of rotatable bonds is 0. The monoisotopic (exact) mass is 241 g/mol. The van der Waals surface area contributed by atoms with Gasteiger partial charge in [0.25, 0.3) is 0 Å². The van der Waals surface area contributed by atoms with Crippen molar-refractivity contribution in [3.8, 4) is 37.2 Å². The fourth-order valence-corrected chi connectivity index (χ4v) is 2.56. The zero-order valence-corrected chi connectivity index (χ0v) is 10.4. The summed E-state index contributed by atoms with van der Waals surface area (Å²) < 4.78 is 1.82. The van der Waals surface area contributed by atoms with E-state index in [1.807, 2.05) is 22.8 Å². The van der Waals surface area contributed by atoms with Gasteiger partial charge in [-0.2, -0.15) is 0 Å². The van der Waals surface area contributed by atoms with E-state index >= 15 is 0 Å². The number of fused-ring (bicyclic) bond motifs is 3. The molecular weight excluding hydrogens is 230 g/mol. The van der Waals surface area contributed by atoms with E-state index in [9.17, 15) is 0 Å². The maximum absolute atomic E-state index is 5.64. The number of hydrogen-bond donors (Lipinski definition) is 0. The summed E-state index contributed by atoms with van der Waals surface area (Å²) in [7, 11) is 0. The molecule has 0 radical (unpaired) electrons. The molecule has 0 aliphatic heterocycles. The summed E-state index contributed by atoms with van der Waals surface area (Å²) in [6.07, 6.45) is 21.7. The van der Waals surface area contributed by atoms with Crippen molar-refractivity contribution in [2.24, 2.45) is 5.92 Å². The van der Waals surface area contributed by atoms with Gasteiger partial charge in [-0.05, 0) is 24.6 Å². The molecule has 1 nitrogen and oxygen atoms in total. The van der Waals surface area contributed by atoms with E-state index in [0.29, 0.717) is 0 Å². The van der Waals surface area contributed by atoms with Crippen molar-refractivity contribution in [2.45, 2.75) is 6.42 Å². The van der Waals surface area contributed by atoms with Crippen molar-refractivity contribution in [3.63, 3.8) is 0 Å².